The number of rotatable bonds is 7. The zero-order chi connectivity index (χ0) is 26.8. The first-order valence-electron chi connectivity index (χ1n) is 12.2. The second kappa shape index (κ2) is 10.2. The van der Waals surface area contributed by atoms with Gasteiger partial charge in [0.15, 0.2) is 5.82 Å². The van der Waals surface area contributed by atoms with Gasteiger partial charge in [-0.3, -0.25) is 19.9 Å². The second-order valence-corrected chi connectivity index (χ2v) is 8.98. The van der Waals surface area contributed by atoms with Crippen molar-refractivity contribution < 1.29 is 14.0 Å². The van der Waals surface area contributed by atoms with Gasteiger partial charge in [0.1, 0.15) is 17.6 Å². The quantitative estimate of drug-likeness (QED) is 0.245. The summed E-state index contributed by atoms with van der Waals surface area (Å²) in [5.41, 5.74) is 2.59. The number of nitrogens with one attached hydrogen (secondary N) is 4. The number of aromatic nitrogens is 5. The predicted octanol–water partition coefficient (Wildman–Crippen LogP) is 4.62. The molecule has 3 aromatic carbocycles. The SMILES string of the molecule is O=C(N[C@@H](Cc1ccccc1F)C(=O)Nc1ncc[nH]1)c1ccc2nc(-c3cc4ccccc4cn3)[nH]c2c1. The van der Waals surface area contributed by atoms with Gasteiger partial charge < -0.3 is 15.3 Å². The Kier molecular flexibility index (Phi) is 6.26. The molecule has 0 aliphatic rings. The Morgan fingerprint density at radius 3 is 2.59 bits per heavy atom. The Bertz CT molecular complexity index is 1810. The normalized spacial score (nSPS) is 11.9. The Morgan fingerprint density at radius 1 is 0.949 bits per heavy atom. The lowest BCUT2D eigenvalue weighted by Crippen LogP contribution is -2.45. The summed E-state index contributed by atoms with van der Waals surface area (Å²) in [5, 5.41) is 7.42. The number of hydrogen-bond acceptors (Lipinski definition) is 5. The van der Waals surface area contributed by atoms with Gasteiger partial charge in [-0.05, 0) is 41.3 Å². The lowest BCUT2D eigenvalue weighted by molar-refractivity contribution is -0.118. The zero-order valence-corrected chi connectivity index (χ0v) is 20.5. The van der Waals surface area contributed by atoms with E-state index in [9.17, 15) is 14.0 Å². The second-order valence-electron chi connectivity index (χ2n) is 8.98. The summed E-state index contributed by atoms with van der Waals surface area (Å²) in [7, 11) is 0. The summed E-state index contributed by atoms with van der Waals surface area (Å²) in [5.74, 6) is -0.692. The molecule has 0 fully saturated rings. The third-order valence-electron chi connectivity index (χ3n) is 6.36. The molecule has 3 heterocycles. The number of imidazole rings is 2. The van der Waals surface area contributed by atoms with E-state index in [-0.39, 0.29) is 12.4 Å². The van der Waals surface area contributed by atoms with E-state index in [2.05, 4.69) is 35.6 Å². The van der Waals surface area contributed by atoms with Crippen molar-refractivity contribution in [1.29, 1.82) is 0 Å². The summed E-state index contributed by atoms with van der Waals surface area (Å²) < 4.78 is 14.4. The third-order valence-corrected chi connectivity index (χ3v) is 6.36. The summed E-state index contributed by atoms with van der Waals surface area (Å²) >= 11 is 0. The monoisotopic (exact) mass is 519 g/mol. The van der Waals surface area contributed by atoms with Gasteiger partial charge in [-0.25, -0.2) is 14.4 Å². The summed E-state index contributed by atoms with van der Waals surface area (Å²) in [6.45, 7) is 0. The van der Waals surface area contributed by atoms with Crippen LogP contribution in [0.25, 0.3) is 33.3 Å². The molecule has 0 aliphatic heterocycles. The molecule has 0 radical (unpaired) electrons. The number of pyridine rings is 1. The van der Waals surface area contributed by atoms with E-state index >= 15 is 0 Å². The molecule has 0 spiro atoms. The summed E-state index contributed by atoms with van der Waals surface area (Å²) in [6.07, 6.45) is 4.79. The van der Waals surface area contributed by atoms with Gasteiger partial charge in [-0.1, -0.05) is 42.5 Å². The van der Waals surface area contributed by atoms with E-state index in [0.29, 0.717) is 33.7 Å². The molecule has 6 rings (SSSR count). The molecule has 0 saturated carbocycles. The molecule has 6 aromatic rings. The molecule has 4 N–H and O–H groups in total. The van der Waals surface area contributed by atoms with Crippen LogP contribution in [0.1, 0.15) is 15.9 Å². The fourth-order valence-electron chi connectivity index (χ4n) is 4.36. The van der Waals surface area contributed by atoms with Crippen LogP contribution in [-0.4, -0.2) is 42.8 Å². The van der Waals surface area contributed by atoms with Gasteiger partial charge in [0.05, 0.1) is 11.0 Å². The van der Waals surface area contributed by atoms with Gasteiger partial charge >= 0.3 is 0 Å². The van der Waals surface area contributed by atoms with Crippen LogP contribution < -0.4 is 10.6 Å². The molecule has 39 heavy (non-hydrogen) atoms. The summed E-state index contributed by atoms with van der Waals surface area (Å²) in [6, 6.07) is 19.9. The molecule has 1 atom stereocenters. The first-order chi connectivity index (χ1) is 19.0. The van der Waals surface area contributed by atoms with E-state index in [4.69, 9.17) is 0 Å². The standard InChI is InChI=1S/C29H22FN7O2/c30-21-8-4-3-6-18(21)14-25(28(39)37-29-31-11-12-32-29)36-27(38)19-9-10-22-23(15-19)35-26(34-22)24-13-17-5-1-2-7-20(17)16-33-24/h1-13,15-16,25H,14H2,(H,34,35)(H,36,38)(H2,31,32,37,39)/t25-/m0/s1. The lowest BCUT2D eigenvalue weighted by Gasteiger charge is -2.18. The largest absolute Gasteiger partial charge is 0.340 e. The number of amides is 2. The molecule has 192 valence electrons. The van der Waals surface area contributed by atoms with Crippen molar-refractivity contribution in [3.8, 4) is 11.5 Å². The number of halogens is 1. The molecule has 10 heteroatoms. The van der Waals surface area contributed by atoms with Gasteiger partial charge in [0.2, 0.25) is 11.9 Å². The maximum absolute atomic E-state index is 14.4. The molecule has 0 aliphatic carbocycles. The molecule has 9 nitrogen and oxygen atoms in total. The highest BCUT2D eigenvalue weighted by molar-refractivity contribution is 6.02. The number of hydrogen-bond donors (Lipinski definition) is 4. The van der Waals surface area contributed by atoms with Crippen LogP contribution in [0, 0.1) is 5.82 Å². The Hall–Kier alpha value is -5.38. The first-order valence-corrected chi connectivity index (χ1v) is 12.2. The van der Waals surface area contributed by atoms with E-state index < -0.39 is 23.7 Å². The topological polar surface area (TPSA) is 128 Å². The highest BCUT2D eigenvalue weighted by Crippen LogP contribution is 2.23. The van der Waals surface area contributed by atoms with Gasteiger partial charge in [-0.15, -0.1) is 0 Å². The average Bonchev–Trinajstić information content (AvgIpc) is 3.63. The molecule has 3 aromatic heterocycles. The van der Waals surface area contributed by atoms with Crippen molar-refractivity contribution in [2.45, 2.75) is 12.5 Å². The van der Waals surface area contributed by atoms with Crippen LogP contribution in [0.3, 0.4) is 0 Å². The average molecular weight is 520 g/mol. The van der Waals surface area contributed by atoms with Crippen molar-refractivity contribution >= 4 is 39.6 Å². The van der Waals surface area contributed by atoms with Crippen molar-refractivity contribution in [3.63, 3.8) is 0 Å². The predicted molar refractivity (Wildman–Crippen MR) is 145 cm³/mol. The van der Waals surface area contributed by atoms with Crippen LogP contribution in [0.4, 0.5) is 10.3 Å². The van der Waals surface area contributed by atoms with Crippen LogP contribution in [0.15, 0.2) is 91.4 Å². The van der Waals surface area contributed by atoms with Gasteiger partial charge in [0, 0.05) is 36.0 Å². The number of carbonyl (C=O) groups is 2. The molecule has 0 saturated heterocycles. The first kappa shape index (κ1) is 24.0. The zero-order valence-electron chi connectivity index (χ0n) is 20.5. The van der Waals surface area contributed by atoms with E-state index in [1.165, 1.54) is 12.3 Å². The molecular weight excluding hydrogens is 497 g/mol. The van der Waals surface area contributed by atoms with Gasteiger partial charge in [-0.2, -0.15) is 0 Å². The highest BCUT2D eigenvalue weighted by atomic mass is 19.1. The summed E-state index contributed by atoms with van der Waals surface area (Å²) in [4.78, 5) is 45.4. The van der Waals surface area contributed by atoms with Crippen molar-refractivity contribution in [3.05, 3.63) is 108 Å². The lowest BCUT2D eigenvalue weighted by atomic mass is 10.0. The Labute approximate surface area is 221 Å². The van der Waals surface area contributed by atoms with Gasteiger partial charge in [0.25, 0.3) is 5.91 Å². The third kappa shape index (κ3) is 5.08. The number of fused-ring (bicyclic) bond motifs is 2. The molecule has 0 bridgehead atoms. The fraction of sp³-hybridized carbons (Fsp3) is 0.0690. The van der Waals surface area contributed by atoms with Crippen LogP contribution in [0.2, 0.25) is 0 Å². The number of carbonyl (C=O) groups excluding carboxylic acids is 2. The number of aromatic amines is 2. The van der Waals surface area contributed by atoms with E-state index in [1.54, 1.807) is 48.8 Å². The van der Waals surface area contributed by atoms with Crippen LogP contribution >= 0.6 is 0 Å². The molecule has 0 unspecified atom stereocenters. The number of H-pyrrole nitrogens is 2. The molecular formula is C29H22FN7O2. The number of benzene rings is 3. The van der Waals surface area contributed by atoms with Crippen molar-refractivity contribution in [1.82, 2.24) is 30.2 Å². The Morgan fingerprint density at radius 2 is 1.77 bits per heavy atom. The smallest absolute Gasteiger partial charge is 0.252 e. The van der Waals surface area contributed by atoms with Crippen LogP contribution in [-0.2, 0) is 11.2 Å². The molecule has 2 amide bonds. The maximum Gasteiger partial charge on any atom is 0.252 e. The maximum atomic E-state index is 14.4. The fourth-order valence-corrected chi connectivity index (χ4v) is 4.36. The minimum absolute atomic E-state index is 0.0466. The minimum Gasteiger partial charge on any atom is -0.340 e. The minimum atomic E-state index is -1.06. The highest BCUT2D eigenvalue weighted by Gasteiger charge is 2.24. The van der Waals surface area contributed by atoms with Crippen molar-refractivity contribution in [2.75, 3.05) is 5.32 Å². The number of nitrogens with zero attached hydrogens (tertiary/aromatic N) is 3. The number of anilines is 1. The van der Waals surface area contributed by atoms with E-state index in [0.717, 1.165) is 10.8 Å². The van der Waals surface area contributed by atoms with E-state index in [1.807, 2.05) is 30.3 Å². The van der Waals surface area contributed by atoms with Crippen molar-refractivity contribution in [2.24, 2.45) is 0 Å². The Balaban J connectivity index is 1.26. The van der Waals surface area contributed by atoms with Crippen LogP contribution in [0.5, 0.6) is 0 Å².